The number of rotatable bonds is 3. The Kier molecular flexibility index (Phi) is 7.36. The summed E-state index contributed by atoms with van der Waals surface area (Å²) >= 11 is 0. The second-order valence-electron chi connectivity index (χ2n) is 3.11. The van der Waals surface area contributed by atoms with Crippen molar-refractivity contribution in [1.82, 2.24) is 10.2 Å². The van der Waals surface area contributed by atoms with Gasteiger partial charge in [-0.3, -0.25) is 9.69 Å². The van der Waals surface area contributed by atoms with Crippen LogP contribution in [-0.4, -0.2) is 80.8 Å². The molecular weight excluding hydrogens is 194 g/mol. The summed E-state index contributed by atoms with van der Waals surface area (Å²) in [5, 5.41) is 3.24. The molecule has 0 bridgehead atoms. The topological polar surface area (TPSA) is 58.4 Å². The third-order valence-corrected chi connectivity index (χ3v) is 2.31. The van der Waals surface area contributed by atoms with Crippen LogP contribution < -0.4 is 11.1 Å². The Balaban J connectivity index is 0.00000144. The first-order chi connectivity index (χ1) is 5.75. The number of hydrogen-bond acceptors (Lipinski definition) is 3. The van der Waals surface area contributed by atoms with Gasteiger partial charge in [-0.1, -0.05) is 6.92 Å². The number of hydrogen-bond donors (Lipinski definition) is 2. The Labute approximate surface area is 109 Å². The van der Waals surface area contributed by atoms with Crippen LogP contribution in [0.25, 0.3) is 0 Å². The molecule has 1 aliphatic heterocycles. The van der Waals surface area contributed by atoms with Gasteiger partial charge in [0.2, 0.25) is 5.91 Å². The summed E-state index contributed by atoms with van der Waals surface area (Å²) in [6, 6.07) is -0.0629. The van der Waals surface area contributed by atoms with E-state index in [1.807, 2.05) is 6.92 Å². The van der Waals surface area contributed by atoms with E-state index in [-0.39, 0.29) is 49.7 Å². The molecule has 0 aromatic rings. The van der Waals surface area contributed by atoms with Crippen molar-refractivity contribution < 1.29 is 4.79 Å². The summed E-state index contributed by atoms with van der Waals surface area (Å²) < 4.78 is 0. The summed E-state index contributed by atoms with van der Waals surface area (Å²) in [5.41, 5.74) is 5.28. The molecule has 13 heavy (non-hydrogen) atoms. The number of nitrogens with one attached hydrogen (secondary N) is 1. The summed E-state index contributed by atoms with van der Waals surface area (Å²) in [6.07, 6.45) is 0.815. The normalized spacial score (nSPS) is 20.4. The monoisotopic (exact) mass is 213 g/mol. The Hall–Kier alpha value is 0.650. The molecule has 4 nitrogen and oxygen atoms in total. The zero-order chi connectivity index (χ0) is 8.97. The van der Waals surface area contributed by atoms with Gasteiger partial charge in [-0.2, -0.15) is 0 Å². The van der Waals surface area contributed by atoms with Crippen molar-refractivity contribution in [3.8, 4) is 0 Å². The van der Waals surface area contributed by atoms with E-state index in [4.69, 9.17) is 5.73 Å². The summed E-state index contributed by atoms with van der Waals surface area (Å²) in [7, 11) is 0. The summed E-state index contributed by atoms with van der Waals surface area (Å²) in [6.45, 7) is 5.79. The average molecular weight is 213 g/mol. The molecule has 0 radical (unpaired) electrons. The number of carbonyl (C=O) groups is 1. The van der Waals surface area contributed by atoms with E-state index in [0.29, 0.717) is 0 Å². The molecule has 0 aromatic carbocycles. The van der Waals surface area contributed by atoms with Crippen molar-refractivity contribution in [1.29, 1.82) is 0 Å². The molecule has 1 fully saturated rings. The van der Waals surface area contributed by atoms with Crippen molar-refractivity contribution in [3.63, 3.8) is 0 Å². The predicted molar refractivity (Wildman–Crippen MR) is 56.3 cm³/mol. The SMILES string of the molecule is CCC(C(N)=O)N1CCNCC1.[CaH2]. The predicted octanol–water partition coefficient (Wildman–Crippen LogP) is -1.76. The fourth-order valence-electron chi connectivity index (χ4n) is 1.63. The minimum atomic E-state index is -0.195. The van der Waals surface area contributed by atoms with Gasteiger partial charge in [-0.25, -0.2) is 0 Å². The van der Waals surface area contributed by atoms with Crippen molar-refractivity contribution in [2.75, 3.05) is 26.2 Å². The molecule has 1 atom stereocenters. The summed E-state index contributed by atoms with van der Waals surface area (Å²) in [4.78, 5) is 13.1. The third kappa shape index (κ3) is 4.12. The molecule has 0 aliphatic carbocycles. The van der Waals surface area contributed by atoms with Gasteiger partial charge >= 0.3 is 37.7 Å². The number of primary amides is 1. The molecule has 0 spiro atoms. The number of amides is 1. The van der Waals surface area contributed by atoms with E-state index < -0.39 is 0 Å². The average Bonchev–Trinajstić information content (AvgIpc) is 2.07. The van der Waals surface area contributed by atoms with Gasteiger partial charge in [0.25, 0.3) is 0 Å². The van der Waals surface area contributed by atoms with E-state index in [1.165, 1.54) is 0 Å². The van der Waals surface area contributed by atoms with Gasteiger partial charge in [-0.05, 0) is 6.42 Å². The number of carbonyl (C=O) groups excluding carboxylic acids is 1. The van der Waals surface area contributed by atoms with E-state index in [1.54, 1.807) is 0 Å². The van der Waals surface area contributed by atoms with E-state index in [2.05, 4.69) is 10.2 Å². The molecule has 1 rings (SSSR count). The number of piperazine rings is 1. The fraction of sp³-hybridized carbons (Fsp3) is 0.875. The zero-order valence-electron chi connectivity index (χ0n) is 7.55. The second kappa shape index (κ2) is 7.01. The first-order valence-electron chi connectivity index (χ1n) is 4.49. The van der Waals surface area contributed by atoms with E-state index >= 15 is 0 Å². The van der Waals surface area contributed by atoms with Crippen LogP contribution in [0, 0.1) is 0 Å². The van der Waals surface area contributed by atoms with Crippen molar-refractivity contribution in [2.45, 2.75) is 19.4 Å². The maximum absolute atomic E-state index is 11.0. The van der Waals surface area contributed by atoms with E-state index in [9.17, 15) is 4.79 Å². The van der Waals surface area contributed by atoms with Crippen LogP contribution in [0.4, 0.5) is 0 Å². The molecule has 1 heterocycles. The van der Waals surface area contributed by atoms with Crippen LogP contribution in [0.5, 0.6) is 0 Å². The third-order valence-electron chi connectivity index (χ3n) is 2.31. The molecule has 0 saturated carbocycles. The van der Waals surface area contributed by atoms with Gasteiger partial charge in [0, 0.05) is 26.2 Å². The minimum absolute atomic E-state index is 0. The summed E-state index contributed by atoms with van der Waals surface area (Å²) in [5.74, 6) is -0.195. The van der Waals surface area contributed by atoms with Crippen LogP contribution >= 0.6 is 0 Å². The fourth-order valence-corrected chi connectivity index (χ4v) is 1.63. The Morgan fingerprint density at radius 1 is 1.54 bits per heavy atom. The molecule has 3 N–H and O–H groups in total. The van der Waals surface area contributed by atoms with E-state index in [0.717, 1.165) is 32.6 Å². The van der Waals surface area contributed by atoms with Crippen LogP contribution in [0.2, 0.25) is 0 Å². The van der Waals surface area contributed by atoms with Gasteiger partial charge in [0.15, 0.2) is 0 Å². The van der Waals surface area contributed by atoms with Crippen molar-refractivity contribution in [2.24, 2.45) is 5.73 Å². The number of nitrogens with zero attached hydrogens (tertiary/aromatic N) is 1. The maximum atomic E-state index is 11.0. The molecule has 1 saturated heterocycles. The Bertz CT molecular complexity index is 159. The van der Waals surface area contributed by atoms with Crippen LogP contribution in [0.15, 0.2) is 0 Å². The van der Waals surface area contributed by atoms with Crippen LogP contribution in [0.1, 0.15) is 13.3 Å². The Morgan fingerprint density at radius 2 is 2.08 bits per heavy atom. The molecular formula is C8H19CaN3O. The first kappa shape index (κ1) is 13.6. The van der Waals surface area contributed by atoms with Crippen LogP contribution in [0.3, 0.4) is 0 Å². The molecule has 5 heteroatoms. The van der Waals surface area contributed by atoms with Gasteiger partial charge in [0.05, 0.1) is 6.04 Å². The van der Waals surface area contributed by atoms with Crippen molar-refractivity contribution >= 4 is 43.6 Å². The molecule has 74 valence electrons. The first-order valence-corrected chi connectivity index (χ1v) is 4.49. The second-order valence-corrected chi connectivity index (χ2v) is 3.11. The quantitative estimate of drug-likeness (QED) is 0.546. The molecule has 1 amide bonds. The molecule has 1 aliphatic rings. The standard InChI is InChI=1S/C8H17N3O.Ca.2H/c1-2-7(8(9)12)11-5-3-10-4-6-11;;;/h7,10H,2-6H2,1H3,(H2,9,12);;;. The number of nitrogens with two attached hydrogens (primary N) is 1. The molecule has 0 aromatic heterocycles. The van der Waals surface area contributed by atoms with Gasteiger partial charge in [0.1, 0.15) is 0 Å². The van der Waals surface area contributed by atoms with Gasteiger partial charge in [-0.15, -0.1) is 0 Å². The van der Waals surface area contributed by atoms with Crippen molar-refractivity contribution in [3.05, 3.63) is 0 Å². The molecule has 1 unspecified atom stereocenters. The Morgan fingerprint density at radius 3 is 2.46 bits per heavy atom. The van der Waals surface area contributed by atoms with Crippen LogP contribution in [-0.2, 0) is 4.79 Å². The zero-order valence-corrected chi connectivity index (χ0v) is 7.55. The van der Waals surface area contributed by atoms with Gasteiger partial charge < -0.3 is 11.1 Å².